The van der Waals surface area contributed by atoms with Crippen LogP contribution in [-0.4, -0.2) is 47.0 Å². The second-order valence-corrected chi connectivity index (χ2v) is 4.79. The van der Waals surface area contributed by atoms with E-state index in [-0.39, 0.29) is 25.1 Å². The van der Waals surface area contributed by atoms with Crippen molar-refractivity contribution >= 4 is 17.8 Å². The number of carboxylic acids is 1. The quantitative estimate of drug-likeness (QED) is 0.688. The fourth-order valence-corrected chi connectivity index (χ4v) is 2.07. The molecule has 6 nitrogen and oxygen atoms in total. The van der Waals surface area contributed by atoms with Crippen molar-refractivity contribution < 1.29 is 24.2 Å². The molecule has 0 spiro atoms. The third-order valence-corrected chi connectivity index (χ3v) is 3.30. The zero-order chi connectivity index (χ0) is 13.3. The predicted octanol–water partition coefficient (Wildman–Crippen LogP) is 0.261. The van der Waals surface area contributed by atoms with Crippen LogP contribution < -0.4 is 0 Å². The Morgan fingerprint density at radius 2 is 1.94 bits per heavy atom. The van der Waals surface area contributed by atoms with E-state index in [2.05, 4.69) is 0 Å². The predicted molar refractivity (Wildman–Crippen MR) is 60.6 cm³/mol. The molecule has 0 heterocycles. The molecule has 2 aliphatic carbocycles. The molecular weight excluding hydrogens is 238 g/mol. The second kappa shape index (κ2) is 4.96. The molecule has 0 bridgehead atoms. The van der Waals surface area contributed by atoms with E-state index in [4.69, 9.17) is 9.84 Å². The van der Waals surface area contributed by atoms with E-state index < -0.39 is 23.8 Å². The third kappa shape index (κ3) is 2.80. The molecule has 1 amide bonds. The van der Waals surface area contributed by atoms with Gasteiger partial charge in [-0.05, 0) is 26.2 Å². The van der Waals surface area contributed by atoms with Crippen LogP contribution in [0.5, 0.6) is 0 Å². The number of carbonyl (C=O) groups excluding carboxylic acids is 2. The molecule has 2 saturated carbocycles. The fourth-order valence-electron chi connectivity index (χ4n) is 2.07. The van der Waals surface area contributed by atoms with Gasteiger partial charge in [0.1, 0.15) is 6.54 Å². The summed E-state index contributed by atoms with van der Waals surface area (Å²) in [5.41, 5.74) is 0. The number of ether oxygens (including phenoxy) is 1. The zero-order valence-corrected chi connectivity index (χ0v) is 10.3. The van der Waals surface area contributed by atoms with E-state index >= 15 is 0 Å². The molecule has 2 atom stereocenters. The topological polar surface area (TPSA) is 83.9 Å². The molecule has 2 aliphatic rings. The second-order valence-electron chi connectivity index (χ2n) is 4.79. The van der Waals surface area contributed by atoms with Crippen LogP contribution in [0.25, 0.3) is 0 Å². The van der Waals surface area contributed by atoms with Crippen LogP contribution >= 0.6 is 0 Å². The van der Waals surface area contributed by atoms with Crippen molar-refractivity contribution in [2.75, 3.05) is 13.2 Å². The lowest BCUT2D eigenvalue weighted by atomic mass is 10.2. The minimum absolute atomic E-state index is 0.0554. The molecule has 18 heavy (non-hydrogen) atoms. The summed E-state index contributed by atoms with van der Waals surface area (Å²) in [4.78, 5) is 35.8. The van der Waals surface area contributed by atoms with Crippen molar-refractivity contribution in [1.29, 1.82) is 0 Å². The normalized spacial score (nSPS) is 25.4. The molecule has 6 heteroatoms. The van der Waals surface area contributed by atoms with Crippen LogP contribution in [0.1, 0.15) is 26.2 Å². The molecule has 100 valence electrons. The largest absolute Gasteiger partial charge is 0.481 e. The summed E-state index contributed by atoms with van der Waals surface area (Å²) in [7, 11) is 0. The summed E-state index contributed by atoms with van der Waals surface area (Å²) in [6.45, 7) is 1.94. The van der Waals surface area contributed by atoms with E-state index in [0.29, 0.717) is 6.42 Å². The maximum Gasteiger partial charge on any atom is 0.325 e. The van der Waals surface area contributed by atoms with Gasteiger partial charge in [-0.2, -0.15) is 0 Å². The smallest absolute Gasteiger partial charge is 0.325 e. The van der Waals surface area contributed by atoms with Crippen molar-refractivity contribution in [1.82, 2.24) is 4.90 Å². The van der Waals surface area contributed by atoms with Crippen LogP contribution in [0.4, 0.5) is 0 Å². The Hall–Kier alpha value is -1.59. The van der Waals surface area contributed by atoms with Gasteiger partial charge in [-0.3, -0.25) is 14.4 Å². The Morgan fingerprint density at radius 1 is 1.28 bits per heavy atom. The average molecular weight is 255 g/mol. The first-order valence-corrected chi connectivity index (χ1v) is 6.23. The van der Waals surface area contributed by atoms with Gasteiger partial charge in [0.2, 0.25) is 5.91 Å². The van der Waals surface area contributed by atoms with Crippen LogP contribution in [0.15, 0.2) is 0 Å². The first-order valence-electron chi connectivity index (χ1n) is 6.23. The molecule has 0 aromatic heterocycles. The van der Waals surface area contributed by atoms with E-state index in [1.807, 2.05) is 0 Å². The maximum atomic E-state index is 12.1. The van der Waals surface area contributed by atoms with Gasteiger partial charge >= 0.3 is 11.9 Å². The molecule has 0 aromatic carbocycles. The molecular formula is C12H17NO5. The average Bonchev–Trinajstić information content (AvgIpc) is 3.16. The van der Waals surface area contributed by atoms with Gasteiger partial charge < -0.3 is 14.7 Å². The number of nitrogens with zero attached hydrogens (tertiary/aromatic N) is 1. The zero-order valence-electron chi connectivity index (χ0n) is 10.3. The number of hydrogen-bond donors (Lipinski definition) is 1. The van der Waals surface area contributed by atoms with Gasteiger partial charge in [-0.1, -0.05) is 0 Å². The van der Waals surface area contributed by atoms with Crippen molar-refractivity contribution in [3.8, 4) is 0 Å². The monoisotopic (exact) mass is 255 g/mol. The molecule has 0 unspecified atom stereocenters. The van der Waals surface area contributed by atoms with Crippen LogP contribution in [0.2, 0.25) is 0 Å². The minimum Gasteiger partial charge on any atom is -0.481 e. The number of carbonyl (C=O) groups is 3. The van der Waals surface area contributed by atoms with Gasteiger partial charge in [0.05, 0.1) is 18.4 Å². The maximum absolute atomic E-state index is 12.1. The molecule has 2 fully saturated rings. The number of rotatable bonds is 6. The van der Waals surface area contributed by atoms with E-state index in [1.54, 1.807) is 6.92 Å². The SMILES string of the molecule is CCOC(=O)CN(C(=O)[C@@H]1C[C@@H]1C(=O)O)C1CC1. The number of amides is 1. The van der Waals surface area contributed by atoms with Crippen molar-refractivity contribution in [2.45, 2.75) is 32.2 Å². The summed E-state index contributed by atoms with van der Waals surface area (Å²) >= 11 is 0. The standard InChI is InChI=1S/C12H17NO5/c1-2-18-10(14)6-13(7-3-4-7)11(15)8-5-9(8)12(16)17/h7-9H,2-6H2,1H3,(H,16,17)/t8-,9+/m1/s1. The Morgan fingerprint density at radius 3 is 2.39 bits per heavy atom. The van der Waals surface area contributed by atoms with Crippen LogP contribution in [0.3, 0.4) is 0 Å². The van der Waals surface area contributed by atoms with Gasteiger partial charge in [-0.25, -0.2) is 0 Å². The highest BCUT2D eigenvalue weighted by atomic mass is 16.5. The molecule has 1 N–H and O–H groups in total. The summed E-state index contributed by atoms with van der Waals surface area (Å²) in [5, 5.41) is 8.81. The Balaban J connectivity index is 1.92. The third-order valence-electron chi connectivity index (χ3n) is 3.30. The van der Waals surface area contributed by atoms with Crippen molar-refractivity contribution in [2.24, 2.45) is 11.8 Å². The van der Waals surface area contributed by atoms with E-state index in [0.717, 1.165) is 12.8 Å². The van der Waals surface area contributed by atoms with Gasteiger partial charge in [0.15, 0.2) is 0 Å². The molecule has 0 radical (unpaired) electrons. The molecule has 2 rings (SSSR count). The Bertz CT molecular complexity index is 377. The summed E-state index contributed by atoms with van der Waals surface area (Å²) in [6.07, 6.45) is 2.16. The Labute approximate surface area is 105 Å². The van der Waals surface area contributed by atoms with Gasteiger partial charge in [-0.15, -0.1) is 0 Å². The Kier molecular flexibility index (Phi) is 3.54. The highest BCUT2D eigenvalue weighted by Crippen LogP contribution is 2.42. The summed E-state index contributed by atoms with van der Waals surface area (Å²) < 4.78 is 4.83. The fraction of sp³-hybridized carbons (Fsp3) is 0.750. The van der Waals surface area contributed by atoms with Gasteiger partial charge in [0, 0.05) is 6.04 Å². The number of carboxylic acid groups (broad SMARTS) is 1. The van der Waals surface area contributed by atoms with Crippen LogP contribution in [-0.2, 0) is 19.1 Å². The molecule has 0 aromatic rings. The minimum atomic E-state index is -0.930. The summed E-state index contributed by atoms with van der Waals surface area (Å²) in [5.74, 6) is -2.58. The van der Waals surface area contributed by atoms with Crippen molar-refractivity contribution in [3.63, 3.8) is 0 Å². The number of esters is 1. The number of hydrogen-bond acceptors (Lipinski definition) is 4. The van der Waals surface area contributed by atoms with Crippen LogP contribution in [0, 0.1) is 11.8 Å². The highest BCUT2D eigenvalue weighted by Gasteiger charge is 2.51. The van der Waals surface area contributed by atoms with E-state index in [1.165, 1.54) is 4.90 Å². The first-order chi connectivity index (χ1) is 8.54. The summed E-state index contributed by atoms with van der Waals surface area (Å²) in [6, 6.07) is 0.0944. The van der Waals surface area contributed by atoms with E-state index in [9.17, 15) is 14.4 Å². The highest BCUT2D eigenvalue weighted by molar-refractivity contribution is 5.91. The first kappa shape index (κ1) is 12.9. The lowest BCUT2D eigenvalue weighted by Crippen LogP contribution is -2.39. The lowest BCUT2D eigenvalue weighted by Gasteiger charge is -2.21. The van der Waals surface area contributed by atoms with Gasteiger partial charge in [0.25, 0.3) is 0 Å². The molecule has 0 aliphatic heterocycles. The van der Waals surface area contributed by atoms with Crippen molar-refractivity contribution in [3.05, 3.63) is 0 Å². The number of aliphatic carboxylic acids is 1. The lowest BCUT2D eigenvalue weighted by molar-refractivity contribution is -0.150. The molecule has 0 saturated heterocycles.